The fourth-order valence-corrected chi connectivity index (χ4v) is 3.75. The van der Waals surface area contributed by atoms with Gasteiger partial charge in [0.2, 0.25) is 0 Å². The van der Waals surface area contributed by atoms with Crippen molar-refractivity contribution in [2.24, 2.45) is 0 Å². The van der Waals surface area contributed by atoms with E-state index in [-0.39, 0.29) is 16.8 Å². The van der Waals surface area contributed by atoms with Crippen LogP contribution in [0.25, 0.3) is 0 Å². The molecular weight excluding hydrogens is 338 g/mol. The van der Waals surface area contributed by atoms with E-state index in [9.17, 15) is 13.2 Å². The average Bonchev–Trinajstić information content (AvgIpc) is 2.89. The van der Waals surface area contributed by atoms with Crippen molar-refractivity contribution in [1.82, 2.24) is 0 Å². The number of benzene rings is 2. The Bertz CT molecular complexity index is 890. The first-order valence-electron chi connectivity index (χ1n) is 8.15. The molecule has 0 spiro atoms. The Hall–Kier alpha value is -2.34. The van der Waals surface area contributed by atoms with Crippen LogP contribution in [0.1, 0.15) is 19.4 Å². The second-order valence-electron chi connectivity index (χ2n) is 6.39. The predicted molar refractivity (Wildman–Crippen MR) is 96.7 cm³/mol. The standard InChI is InChI=1S/C19H21NO4S/c1-13-12-15-6-4-5-7-18(15)20(13)19(21)14(2)24-16-8-10-17(11-9-16)25(3,22)23/h4-11,13-14H,12H2,1-3H3. The van der Waals surface area contributed by atoms with Crippen molar-refractivity contribution < 1.29 is 17.9 Å². The number of anilines is 1. The summed E-state index contributed by atoms with van der Waals surface area (Å²) in [5.41, 5.74) is 2.09. The van der Waals surface area contributed by atoms with Crippen LogP contribution in [0.15, 0.2) is 53.4 Å². The number of para-hydroxylation sites is 1. The number of ether oxygens (including phenoxy) is 1. The lowest BCUT2D eigenvalue weighted by Crippen LogP contribution is -2.43. The van der Waals surface area contributed by atoms with E-state index in [1.165, 1.54) is 12.1 Å². The third-order valence-electron chi connectivity index (χ3n) is 4.36. The van der Waals surface area contributed by atoms with Gasteiger partial charge in [-0.2, -0.15) is 0 Å². The Morgan fingerprint density at radius 3 is 2.44 bits per heavy atom. The molecule has 6 heteroatoms. The summed E-state index contributed by atoms with van der Waals surface area (Å²) in [5.74, 6) is 0.359. The Balaban J connectivity index is 1.75. The van der Waals surface area contributed by atoms with Crippen LogP contribution in [0.2, 0.25) is 0 Å². The van der Waals surface area contributed by atoms with Gasteiger partial charge in [0.1, 0.15) is 5.75 Å². The van der Waals surface area contributed by atoms with E-state index < -0.39 is 15.9 Å². The highest BCUT2D eigenvalue weighted by Gasteiger charge is 2.33. The highest BCUT2D eigenvalue weighted by atomic mass is 32.2. The molecule has 2 unspecified atom stereocenters. The van der Waals surface area contributed by atoms with Gasteiger partial charge in [0, 0.05) is 18.0 Å². The van der Waals surface area contributed by atoms with Crippen LogP contribution in [0.5, 0.6) is 5.75 Å². The summed E-state index contributed by atoms with van der Waals surface area (Å²) in [4.78, 5) is 14.9. The van der Waals surface area contributed by atoms with Crippen molar-refractivity contribution in [3.63, 3.8) is 0 Å². The van der Waals surface area contributed by atoms with Gasteiger partial charge in [0.25, 0.3) is 5.91 Å². The summed E-state index contributed by atoms with van der Waals surface area (Å²) in [6.45, 7) is 3.73. The number of fused-ring (bicyclic) bond motifs is 1. The summed E-state index contributed by atoms with van der Waals surface area (Å²) in [5, 5.41) is 0. The van der Waals surface area contributed by atoms with E-state index in [0.29, 0.717) is 5.75 Å². The molecule has 1 aliphatic rings. The van der Waals surface area contributed by atoms with E-state index in [1.807, 2.05) is 31.2 Å². The number of nitrogens with zero attached hydrogens (tertiary/aromatic N) is 1. The lowest BCUT2D eigenvalue weighted by Gasteiger charge is -2.26. The van der Waals surface area contributed by atoms with Crippen LogP contribution in [-0.4, -0.2) is 32.7 Å². The summed E-state index contributed by atoms with van der Waals surface area (Å²) < 4.78 is 28.7. The van der Waals surface area contributed by atoms with E-state index in [4.69, 9.17) is 4.74 Å². The smallest absolute Gasteiger partial charge is 0.268 e. The maximum atomic E-state index is 12.9. The molecular formula is C19H21NO4S. The minimum Gasteiger partial charge on any atom is -0.481 e. The first-order chi connectivity index (χ1) is 11.8. The lowest BCUT2D eigenvalue weighted by molar-refractivity contribution is -0.124. The van der Waals surface area contributed by atoms with Gasteiger partial charge in [-0.05, 0) is 56.2 Å². The van der Waals surface area contributed by atoms with Crippen molar-refractivity contribution in [2.45, 2.75) is 37.3 Å². The van der Waals surface area contributed by atoms with Gasteiger partial charge in [-0.3, -0.25) is 4.79 Å². The quantitative estimate of drug-likeness (QED) is 0.842. The molecule has 0 aliphatic carbocycles. The lowest BCUT2D eigenvalue weighted by atomic mass is 10.1. The van der Waals surface area contributed by atoms with Crippen LogP contribution in [0.3, 0.4) is 0 Å². The average molecular weight is 359 g/mol. The molecule has 0 saturated heterocycles. The molecule has 25 heavy (non-hydrogen) atoms. The van der Waals surface area contributed by atoms with Crippen molar-refractivity contribution in [3.05, 3.63) is 54.1 Å². The first-order valence-corrected chi connectivity index (χ1v) is 10.0. The summed E-state index contributed by atoms with van der Waals surface area (Å²) in [6.07, 6.45) is 1.32. The molecule has 5 nitrogen and oxygen atoms in total. The monoisotopic (exact) mass is 359 g/mol. The molecule has 1 aliphatic heterocycles. The van der Waals surface area contributed by atoms with Gasteiger partial charge in [-0.1, -0.05) is 18.2 Å². The molecule has 132 valence electrons. The summed E-state index contributed by atoms with van der Waals surface area (Å²) in [6, 6.07) is 14.1. The Morgan fingerprint density at radius 2 is 1.80 bits per heavy atom. The van der Waals surface area contributed by atoms with Crippen molar-refractivity contribution in [2.75, 3.05) is 11.2 Å². The second kappa shape index (κ2) is 6.52. The largest absolute Gasteiger partial charge is 0.481 e. The molecule has 0 aromatic heterocycles. The number of rotatable bonds is 4. The van der Waals surface area contributed by atoms with E-state index in [1.54, 1.807) is 24.0 Å². The zero-order valence-corrected chi connectivity index (χ0v) is 15.3. The van der Waals surface area contributed by atoms with Gasteiger partial charge in [0.15, 0.2) is 15.9 Å². The van der Waals surface area contributed by atoms with Crippen LogP contribution in [-0.2, 0) is 21.1 Å². The molecule has 1 heterocycles. The van der Waals surface area contributed by atoms with Gasteiger partial charge >= 0.3 is 0 Å². The minimum absolute atomic E-state index is 0.0866. The molecule has 0 N–H and O–H groups in total. The number of amides is 1. The molecule has 0 radical (unpaired) electrons. The summed E-state index contributed by atoms with van der Waals surface area (Å²) in [7, 11) is -3.25. The number of carbonyl (C=O) groups excluding carboxylic acids is 1. The first kappa shape index (κ1) is 17.5. The fourth-order valence-electron chi connectivity index (χ4n) is 3.12. The Labute approximate surface area is 148 Å². The van der Waals surface area contributed by atoms with Crippen LogP contribution in [0, 0.1) is 0 Å². The fraction of sp³-hybridized carbons (Fsp3) is 0.316. The molecule has 3 rings (SSSR count). The zero-order valence-electron chi connectivity index (χ0n) is 14.5. The van der Waals surface area contributed by atoms with E-state index in [0.717, 1.165) is 23.9 Å². The number of carbonyl (C=O) groups is 1. The van der Waals surface area contributed by atoms with Gasteiger partial charge in [-0.25, -0.2) is 8.42 Å². The maximum Gasteiger partial charge on any atom is 0.268 e. The van der Waals surface area contributed by atoms with Gasteiger partial charge in [-0.15, -0.1) is 0 Å². The normalized spacial score (nSPS) is 17.9. The zero-order chi connectivity index (χ0) is 18.2. The highest BCUT2D eigenvalue weighted by molar-refractivity contribution is 7.90. The van der Waals surface area contributed by atoms with Crippen LogP contribution >= 0.6 is 0 Å². The maximum absolute atomic E-state index is 12.9. The topological polar surface area (TPSA) is 63.7 Å². The molecule has 0 saturated carbocycles. The van der Waals surface area contributed by atoms with Crippen molar-refractivity contribution >= 4 is 21.4 Å². The molecule has 1 amide bonds. The van der Waals surface area contributed by atoms with Gasteiger partial charge in [0.05, 0.1) is 4.90 Å². The predicted octanol–water partition coefficient (Wildman–Crippen LogP) is 2.84. The third kappa shape index (κ3) is 3.54. The Morgan fingerprint density at radius 1 is 1.16 bits per heavy atom. The molecule has 0 bridgehead atoms. The molecule has 0 fully saturated rings. The molecule has 2 aromatic carbocycles. The van der Waals surface area contributed by atoms with Crippen LogP contribution in [0.4, 0.5) is 5.69 Å². The molecule has 2 atom stereocenters. The Kier molecular flexibility index (Phi) is 4.56. The molecule has 2 aromatic rings. The number of hydrogen-bond acceptors (Lipinski definition) is 4. The van der Waals surface area contributed by atoms with E-state index in [2.05, 4.69) is 0 Å². The van der Waals surface area contributed by atoms with Gasteiger partial charge < -0.3 is 9.64 Å². The third-order valence-corrected chi connectivity index (χ3v) is 5.49. The number of sulfone groups is 1. The highest BCUT2D eigenvalue weighted by Crippen LogP contribution is 2.32. The summed E-state index contributed by atoms with van der Waals surface area (Å²) >= 11 is 0. The second-order valence-corrected chi connectivity index (χ2v) is 8.41. The van der Waals surface area contributed by atoms with Crippen molar-refractivity contribution in [1.29, 1.82) is 0 Å². The van der Waals surface area contributed by atoms with Crippen LogP contribution < -0.4 is 9.64 Å². The number of hydrogen-bond donors (Lipinski definition) is 0. The minimum atomic E-state index is -3.25. The SMILES string of the molecule is CC(Oc1ccc(S(C)(=O)=O)cc1)C(=O)N1c2ccccc2CC1C. The van der Waals surface area contributed by atoms with Crippen molar-refractivity contribution in [3.8, 4) is 5.75 Å². The van der Waals surface area contributed by atoms with E-state index >= 15 is 0 Å².